The monoisotopic (exact) mass is 404 g/mol. The molecule has 0 aliphatic heterocycles. The number of halogens is 2. The predicted octanol–water partition coefficient (Wildman–Crippen LogP) is 4.28. The standard InChI is InChI=1S/C19H14Cl2N2O4/c1-27-18(24)7-6-16-14-5-3-11(19(25)26)8-17(14)23(22-16)10-12-2-4-13(20)9-15(12)21/h2-9H,10H2,1H3,(H,25,26). The number of rotatable bonds is 5. The highest BCUT2D eigenvalue weighted by molar-refractivity contribution is 6.35. The average molecular weight is 405 g/mol. The number of carbonyl (C=O) groups excluding carboxylic acids is 1. The molecule has 1 N–H and O–H groups in total. The van der Waals surface area contributed by atoms with Crippen molar-refractivity contribution in [3.8, 4) is 0 Å². The van der Waals surface area contributed by atoms with Crippen LogP contribution in [0.2, 0.25) is 10.0 Å². The highest BCUT2D eigenvalue weighted by atomic mass is 35.5. The Balaban J connectivity index is 2.11. The Labute approximate surface area is 164 Å². The fourth-order valence-electron chi connectivity index (χ4n) is 2.60. The second kappa shape index (κ2) is 7.82. The summed E-state index contributed by atoms with van der Waals surface area (Å²) in [4.78, 5) is 22.7. The number of nitrogens with zero attached hydrogens (tertiary/aromatic N) is 2. The molecule has 0 aliphatic rings. The van der Waals surface area contributed by atoms with E-state index in [2.05, 4.69) is 9.84 Å². The molecule has 3 rings (SSSR count). The maximum Gasteiger partial charge on any atom is 0.335 e. The lowest BCUT2D eigenvalue weighted by Crippen LogP contribution is -2.03. The normalized spacial score (nSPS) is 11.2. The number of esters is 1. The third-order valence-corrected chi connectivity index (χ3v) is 4.53. The van der Waals surface area contributed by atoms with Crippen molar-refractivity contribution in [2.45, 2.75) is 6.54 Å². The number of carboxylic acid groups (broad SMARTS) is 1. The van der Waals surface area contributed by atoms with Gasteiger partial charge in [-0.3, -0.25) is 4.68 Å². The van der Waals surface area contributed by atoms with Gasteiger partial charge in [-0.1, -0.05) is 29.3 Å². The summed E-state index contributed by atoms with van der Waals surface area (Å²) >= 11 is 12.2. The van der Waals surface area contributed by atoms with Crippen molar-refractivity contribution in [1.82, 2.24) is 9.78 Å². The number of hydrogen-bond acceptors (Lipinski definition) is 4. The highest BCUT2D eigenvalue weighted by Crippen LogP contribution is 2.26. The lowest BCUT2D eigenvalue weighted by molar-refractivity contribution is -0.134. The van der Waals surface area contributed by atoms with Gasteiger partial charge < -0.3 is 9.84 Å². The van der Waals surface area contributed by atoms with E-state index >= 15 is 0 Å². The minimum atomic E-state index is -1.04. The number of ether oxygens (including phenoxy) is 1. The fraction of sp³-hybridized carbons (Fsp3) is 0.105. The molecule has 1 aromatic heterocycles. The minimum Gasteiger partial charge on any atom is -0.478 e. The van der Waals surface area contributed by atoms with Gasteiger partial charge in [0.2, 0.25) is 0 Å². The van der Waals surface area contributed by atoms with Gasteiger partial charge >= 0.3 is 11.9 Å². The molecule has 138 valence electrons. The van der Waals surface area contributed by atoms with Crippen LogP contribution in [0.4, 0.5) is 0 Å². The van der Waals surface area contributed by atoms with Crippen LogP contribution in [0.3, 0.4) is 0 Å². The second-order valence-corrected chi connectivity index (χ2v) is 6.52. The van der Waals surface area contributed by atoms with Crippen molar-refractivity contribution in [3.63, 3.8) is 0 Å². The van der Waals surface area contributed by atoms with Crippen molar-refractivity contribution >= 4 is 52.1 Å². The lowest BCUT2D eigenvalue weighted by Gasteiger charge is -2.07. The van der Waals surface area contributed by atoms with Crippen LogP contribution in [-0.2, 0) is 16.1 Å². The molecular weight excluding hydrogens is 391 g/mol. The van der Waals surface area contributed by atoms with Gasteiger partial charge in [-0.05, 0) is 42.0 Å². The fourth-order valence-corrected chi connectivity index (χ4v) is 3.07. The molecule has 0 fully saturated rings. The molecule has 27 heavy (non-hydrogen) atoms. The van der Waals surface area contributed by atoms with Gasteiger partial charge in [-0.25, -0.2) is 9.59 Å². The van der Waals surface area contributed by atoms with Gasteiger partial charge in [0.25, 0.3) is 0 Å². The van der Waals surface area contributed by atoms with Crippen LogP contribution >= 0.6 is 23.2 Å². The van der Waals surface area contributed by atoms with Gasteiger partial charge in [-0.15, -0.1) is 0 Å². The summed E-state index contributed by atoms with van der Waals surface area (Å²) in [7, 11) is 1.28. The Morgan fingerprint density at radius 1 is 1.22 bits per heavy atom. The highest BCUT2D eigenvalue weighted by Gasteiger charge is 2.14. The number of benzene rings is 2. The molecule has 2 aromatic carbocycles. The molecule has 0 unspecified atom stereocenters. The third kappa shape index (κ3) is 4.13. The molecular formula is C19H14Cl2N2O4. The predicted molar refractivity (Wildman–Crippen MR) is 103 cm³/mol. The molecule has 0 amide bonds. The zero-order valence-corrected chi connectivity index (χ0v) is 15.7. The first-order chi connectivity index (χ1) is 12.9. The topological polar surface area (TPSA) is 81.4 Å². The van der Waals surface area contributed by atoms with E-state index in [9.17, 15) is 14.7 Å². The lowest BCUT2D eigenvalue weighted by atomic mass is 10.1. The number of fused-ring (bicyclic) bond motifs is 1. The van der Waals surface area contributed by atoms with E-state index in [1.165, 1.54) is 31.4 Å². The van der Waals surface area contributed by atoms with Crippen molar-refractivity contribution in [2.24, 2.45) is 0 Å². The summed E-state index contributed by atoms with van der Waals surface area (Å²) in [6.07, 6.45) is 2.78. The first kappa shape index (κ1) is 18.9. The van der Waals surface area contributed by atoms with E-state index in [0.717, 1.165) is 5.56 Å². The smallest absolute Gasteiger partial charge is 0.335 e. The van der Waals surface area contributed by atoms with E-state index in [1.54, 1.807) is 28.9 Å². The summed E-state index contributed by atoms with van der Waals surface area (Å²) in [6.45, 7) is 0.307. The van der Waals surface area contributed by atoms with Crippen molar-refractivity contribution < 1.29 is 19.4 Å². The second-order valence-electron chi connectivity index (χ2n) is 5.67. The van der Waals surface area contributed by atoms with Crippen LogP contribution in [-0.4, -0.2) is 33.9 Å². The number of carboxylic acids is 1. The largest absolute Gasteiger partial charge is 0.478 e. The average Bonchev–Trinajstić information content (AvgIpc) is 2.99. The number of carbonyl (C=O) groups is 2. The first-order valence-electron chi connectivity index (χ1n) is 7.83. The Morgan fingerprint density at radius 3 is 2.67 bits per heavy atom. The van der Waals surface area contributed by atoms with Gasteiger partial charge in [0, 0.05) is 21.5 Å². The molecule has 6 nitrogen and oxygen atoms in total. The summed E-state index contributed by atoms with van der Waals surface area (Å²) in [6, 6.07) is 9.80. The third-order valence-electron chi connectivity index (χ3n) is 3.94. The molecule has 0 bridgehead atoms. The van der Waals surface area contributed by atoms with E-state index in [4.69, 9.17) is 23.2 Å². The van der Waals surface area contributed by atoms with E-state index in [1.807, 2.05) is 0 Å². The quantitative estimate of drug-likeness (QED) is 0.506. The molecule has 1 heterocycles. The molecule has 0 saturated carbocycles. The number of aromatic nitrogens is 2. The summed E-state index contributed by atoms with van der Waals surface area (Å²) in [5.41, 5.74) is 2.02. The van der Waals surface area contributed by atoms with Crippen molar-refractivity contribution in [3.05, 3.63) is 69.3 Å². The van der Waals surface area contributed by atoms with Crippen LogP contribution < -0.4 is 0 Å². The van der Waals surface area contributed by atoms with Crippen LogP contribution in [0.25, 0.3) is 17.0 Å². The Morgan fingerprint density at radius 2 is 2.00 bits per heavy atom. The maximum atomic E-state index is 11.4. The van der Waals surface area contributed by atoms with E-state index < -0.39 is 11.9 Å². The van der Waals surface area contributed by atoms with Crippen LogP contribution in [0.1, 0.15) is 21.6 Å². The molecule has 8 heteroatoms. The Kier molecular flexibility index (Phi) is 5.48. The zero-order valence-electron chi connectivity index (χ0n) is 14.1. The van der Waals surface area contributed by atoms with E-state index in [0.29, 0.717) is 33.2 Å². The van der Waals surface area contributed by atoms with Gasteiger partial charge in [0.05, 0.1) is 30.4 Å². The summed E-state index contributed by atoms with van der Waals surface area (Å²) in [5.74, 6) is -1.55. The number of aromatic carboxylic acids is 1. The number of methoxy groups -OCH3 is 1. The SMILES string of the molecule is COC(=O)C=Cc1nn(Cc2ccc(Cl)cc2Cl)c2cc(C(=O)O)ccc12. The van der Waals surface area contributed by atoms with Gasteiger partial charge in [0.15, 0.2) is 0 Å². The first-order valence-corrected chi connectivity index (χ1v) is 8.58. The molecule has 0 radical (unpaired) electrons. The number of hydrogen-bond donors (Lipinski definition) is 1. The Bertz CT molecular complexity index is 1070. The summed E-state index contributed by atoms with van der Waals surface area (Å²) < 4.78 is 6.23. The van der Waals surface area contributed by atoms with Crippen LogP contribution in [0, 0.1) is 0 Å². The van der Waals surface area contributed by atoms with Crippen LogP contribution in [0.5, 0.6) is 0 Å². The van der Waals surface area contributed by atoms with Gasteiger partial charge in [-0.2, -0.15) is 5.10 Å². The minimum absolute atomic E-state index is 0.134. The zero-order chi connectivity index (χ0) is 19.6. The van der Waals surface area contributed by atoms with Gasteiger partial charge in [0.1, 0.15) is 0 Å². The Hall–Kier alpha value is -2.83. The summed E-state index contributed by atoms with van der Waals surface area (Å²) in [5, 5.41) is 15.5. The molecule has 0 aliphatic carbocycles. The van der Waals surface area contributed by atoms with Crippen LogP contribution in [0.15, 0.2) is 42.5 Å². The van der Waals surface area contributed by atoms with Crippen molar-refractivity contribution in [1.29, 1.82) is 0 Å². The van der Waals surface area contributed by atoms with Crippen molar-refractivity contribution in [2.75, 3.05) is 7.11 Å². The van der Waals surface area contributed by atoms with E-state index in [-0.39, 0.29) is 5.56 Å². The molecule has 0 saturated heterocycles. The maximum absolute atomic E-state index is 11.4. The molecule has 0 atom stereocenters. The molecule has 0 spiro atoms. The molecule has 3 aromatic rings.